The Balaban J connectivity index is 2.01. The molecule has 0 amide bonds. The molecular weight excluding hydrogens is 298 g/mol. The van der Waals surface area contributed by atoms with Gasteiger partial charge in [0.25, 0.3) is 0 Å². The van der Waals surface area contributed by atoms with Crippen LogP contribution in [0.1, 0.15) is 11.1 Å². The van der Waals surface area contributed by atoms with Crippen LogP contribution in [-0.2, 0) is 12.7 Å². The molecule has 0 aliphatic heterocycles. The van der Waals surface area contributed by atoms with Crippen molar-refractivity contribution in [1.29, 1.82) is 0 Å². The third-order valence-electron chi connectivity index (χ3n) is 3.20. The number of aromatic amines is 1. The standard InChI is InChI=1S/C15H10F4N3/c16-13-10(20-7-9-4-2-1-3-5-9)6-11-14(22-8-21-11)12(13)15(17,18)19/h1-6,20H,7H2,(H,21,22). The zero-order valence-electron chi connectivity index (χ0n) is 11.1. The van der Waals surface area contributed by atoms with E-state index in [2.05, 4.69) is 21.6 Å². The van der Waals surface area contributed by atoms with Gasteiger partial charge in [0, 0.05) is 6.54 Å². The van der Waals surface area contributed by atoms with E-state index in [0.717, 1.165) is 5.56 Å². The first kappa shape index (κ1) is 14.4. The zero-order chi connectivity index (χ0) is 15.7. The summed E-state index contributed by atoms with van der Waals surface area (Å²) in [4.78, 5) is 5.89. The number of H-pyrrole nitrogens is 1. The van der Waals surface area contributed by atoms with E-state index in [1.54, 1.807) is 24.3 Å². The van der Waals surface area contributed by atoms with Crippen LogP contribution in [0.15, 0.2) is 36.4 Å². The fourth-order valence-electron chi connectivity index (χ4n) is 2.19. The summed E-state index contributed by atoms with van der Waals surface area (Å²) in [6.07, 6.45) is -2.63. The predicted octanol–water partition coefficient (Wildman–Crippen LogP) is 4.13. The number of hydrogen-bond acceptors (Lipinski definition) is 2. The second-order valence-corrected chi connectivity index (χ2v) is 4.69. The zero-order valence-corrected chi connectivity index (χ0v) is 11.1. The molecule has 0 bridgehead atoms. The van der Waals surface area contributed by atoms with Crippen molar-refractivity contribution < 1.29 is 17.6 Å². The van der Waals surface area contributed by atoms with Crippen LogP contribution in [0, 0.1) is 12.1 Å². The third kappa shape index (κ3) is 2.61. The Morgan fingerprint density at radius 3 is 2.59 bits per heavy atom. The van der Waals surface area contributed by atoms with Crippen LogP contribution in [-0.4, -0.2) is 9.97 Å². The molecule has 2 N–H and O–H groups in total. The van der Waals surface area contributed by atoms with Crippen molar-refractivity contribution in [3.63, 3.8) is 0 Å². The molecule has 0 aliphatic rings. The molecule has 0 aliphatic carbocycles. The highest BCUT2D eigenvalue weighted by Crippen LogP contribution is 2.38. The molecule has 3 nitrogen and oxygen atoms in total. The van der Waals surface area contributed by atoms with Crippen LogP contribution >= 0.6 is 0 Å². The van der Waals surface area contributed by atoms with E-state index in [9.17, 15) is 17.6 Å². The minimum absolute atomic E-state index is 0.0734. The number of anilines is 1. The molecule has 0 saturated heterocycles. The van der Waals surface area contributed by atoms with Gasteiger partial charge in [0.15, 0.2) is 12.1 Å². The van der Waals surface area contributed by atoms with Gasteiger partial charge in [-0.1, -0.05) is 30.3 Å². The first-order valence-corrected chi connectivity index (χ1v) is 6.40. The molecule has 22 heavy (non-hydrogen) atoms. The Kier molecular flexibility index (Phi) is 3.48. The Hall–Kier alpha value is -2.57. The smallest absolute Gasteiger partial charge is 0.379 e. The maximum absolute atomic E-state index is 14.2. The number of alkyl halides is 3. The molecule has 3 aromatic rings. The normalized spacial score (nSPS) is 11.8. The van der Waals surface area contributed by atoms with Crippen molar-refractivity contribution in [2.75, 3.05) is 5.32 Å². The highest BCUT2D eigenvalue weighted by molar-refractivity contribution is 5.83. The first-order valence-electron chi connectivity index (χ1n) is 6.40. The van der Waals surface area contributed by atoms with Gasteiger partial charge >= 0.3 is 6.18 Å². The molecule has 0 saturated carbocycles. The number of aromatic nitrogens is 2. The Labute approximate surface area is 123 Å². The summed E-state index contributed by atoms with van der Waals surface area (Å²) in [7, 11) is 0. The van der Waals surface area contributed by atoms with Crippen LogP contribution in [0.3, 0.4) is 0 Å². The molecule has 0 unspecified atom stereocenters. The monoisotopic (exact) mass is 308 g/mol. The maximum atomic E-state index is 14.2. The Bertz CT molecular complexity index is 794. The molecule has 1 aromatic heterocycles. The van der Waals surface area contributed by atoms with Gasteiger partial charge in [0.05, 0.1) is 11.2 Å². The lowest BCUT2D eigenvalue weighted by molar-refractivity contribution is -0.138. The van der Waals surface area contributed by atoms with Gasteiger partial charge in [-0.2, -0.15) is 13.2 Å². The number of rotatable bonds is 3. The minimum Gasteiger partial charge on any atom is -0.379 e. The lowest BCUT2D eigenvalue weighted by atomic mass is 10.1. The van der Waals surface area contributed by atoms with Crippen LogP contribution in [0.2, 0.25) is 0 Å². The number of benzene rings is 2. The SMILES string of the molecule is Fc1c(NCc2ccccc2)cc2[nH][c]nc2c1C(F)(F)F. The molecule has 113 valence electrons. The van der Waals surface area contributed by atoms with Crippen molar-refractivity contribution in [3.05, 3.63) is 59.7 Å². The fourth-order valence-corrected chi connectivity index (χ4v) is 2.19. The van der Waals surface area contributed by atoms with Crippen molar-refractivity contribution in [1.82, 2.24) is 9.97 Å². The molecule has 2 aromatic carbocycles. The molecule has 0 fully saturated rings. The minimum atomic E-state index is -4.84. The average Bonchev–Trinajstić information content (AvgIpc) is 2.92. The summed E-state index contributed by atoms with van der Waals surface area (Å²) in [6, 6.07) is 10.2. The van der Waals surface area contributed by atoms with E-state index >= 15 is 0 Å². The summed E-state index contributed by atoms with van der Waals surface area (Å²) in [6.45, 7) is 0.207. The fraction of sp³-hybridized carbons (Fsp3) is 0.133. The lowest BCUT2D eigenvalue weighted by Crippen LogP contribution is -2.12. The second-order valence-electron chi connectivity index (χ2n) is 4.69. The number of nitrogens with one attached hydrogen (secondary N) is 2. The lowest BCUT2D eigenvalue weighted by Gasteiger charge is -2.14. The van der Waals surface area contributed by atoms with E-state index in [1.165, 1.54) is 6.07 Å². The molecule has 0 atom stereocenters. The summed E-state index contributed by atoms with van der Waals surface area (Å²) in [5, 5.41) is 2.69. The highest BCUT2D eigenvalue weighted by atomic mass is 19.4. The van der Waals surface area contributed by atoms with Crippen LogP contribution in [0.25, 0.3) is 11.0 Å². The molecule has 1 heterocycles. The topological polar surface area (TPSA) is 40.7 Å². The van der Waals surface area contributed by atoms with Crippen molar-refractivity contribution in [2.24, 2.45) is 0 Å². The number of halogens is 4. The highest BCUT2D eigenvalue weighted by Gasteiger charge is 2.38. The van der Waals surface area contributed by atoms with E-state index in [-0.39, 0.29) is 17.7 Å². The van der Waals surface area contributed by atoms with Gasteiger partial charge in [0.2, 0.25) is 0 Å². The summed E-state index contributed by atoms with van der Waals surface area (Å²) >= 11 is 0. The summed E-state index contributed by atoms with van der Waals surface area (Å²) < 4.78 is 53.4. The van der Waals surface area contributed by atoms with Gasteiger partial charge in [-0.3, -0.25) is 0 Å². The molecule has 7 heteroatoms. The molecular formula is C15H10F4N3. The Morgan fingerprint density at radius 2 is 1.91 bits per heavy atom. The number of fused-ring (bicyclic) bond motifs is 1. The first-order chi connectivity index (χ1) is 10.5. The van der Waals surface area contributed by atoms with Gasteiger partial charge in [-0.25, -0.2) is 9.37 Å². The van der Waals surface area contributed by atoms with Gasteiger partial charge in [-0.05, 0) is 11.6 Å². The Morgan fingerprint density at radius 1 is 1.18 bits per heavy atom. The molecule has 0 spiro atoms. The third-order valence-corrected chi connectivity index (χ3v) is 3.20. The van der Waals surface area contributed by atoms with E-state index < -0.39 is 23.1 Å². The number of imidazole rings is 1. The summed E-state index contributed by atoms with van der Waals surface area (Å²) in [5.74, 6) is -1.36. The van der Waals surface area contributed by atoms with Crippen molar-refractivity contribution >= 4 is 16.7 Å². The van der Waals surface area contributed by atoms with E-state index in [0.29, 0.717) is 0 Å². The van der Waals surface area contributed by atoms with Crippen molar-refractivity contribution in [3.8, 4) is 0 Å². The molecule has 1 radical (unpaired) electrons. The van der Waals surface area contributed by atoms with E-state index in [1.807, 2.05) is 6.07 Å². The van der Waals surface area contributed by atoms with Gasteiger partial charge < -0.3 is 10.3 Å². The van der Waals surface area contributed by atoms with Crippen LogP contribution < -0.4 is 5.32 Å². The van der Waals surface area contributed by atoms with Gasteiger partial charge in [0.1, 0.15) is 11.1 Å². The van der Waals surface area contributed by atoms with Crippen LogP contribution in [0.5, 0.6) is 0 Å². The molecule has 3 rings (SSSR count). The number of nitrogens with zero attached hydrogens (tertiary/aromatic N) is 1. The van der Waals surface area contributed by atoms with Crippen molar-refractivity contribution in [2.45, 2.75) is 12.7 Å². The van der Waals surface area contributed by atoms with Gasteiger partial charge in [-0.15, -0.1) is 0 Å². The average molecular weight is 308 g/mol. The maximum Gasteiger partial charge on any atom is 0.421 e. The number of hydrogen-bond donors (Lipinski definition) is 2. The quantitative estimate of drug-likeness (QED) is 0.714. The van der Waals surface area contributed by atoms with Crippen LogP contribution in [0.4, 0.5) is 23.2 Å². The second kappa shape index (κ2) is 5.32. The van der Waals surface area contributed by atoms with E-state index in [4.69, 9.17) is 0 Å². The summed E-state index contributed by atoms with van der Waals surface area (Å²) in [5.41, 5.74) is -1.20. The largest absolute Gasteiger partial charge is 0.421 e. The predicted molar refractivity (Wildman–Crippen MR) is 73.7 cm³/mol.